The highest BCUT2D eigenvalue weighted by atomic mass is 16.3. The number of hydrogen-bond acceptors (Lipinski definition) is 4. The van der Waals surface area contributed by atoms with Crippen molar-refractivity contribution in [1.29, 1.82) is 0 Å². The van der Waals surface area contributed by atoms with Gasteiger partial charge in [-0.1, -0.05) is 12.1 Å². The Labute approximate surface area is 121 Å². The normalized spacial score (nSPS) is 12.5. The van der Waals surface area contributed by atoms with Gasteiger partial charge >= 0.3 is 0 Å². The molecule has 6 heteroatoms. The van der Waals surface area contributed by atoms with Crippen LogP contribution in [0.3, 0.4) is 0 Å². The van der Waals surface area contributed by atoms with Gasteiger partial charge in [-0.05, 0) is 25.5 Å². The van der Waals surface area contributed by atoms with Crippen molar-refractivity contribution in [3.05, 3.63) is 48.4 Å². The van der Waals surface area contributed by atoms with E-state index in [1.54, 1.807) is 23.3 Å². The Balaban J connectivity index is 1.69. The van der Waals surface area contributed by atoms with E-state index >= 15 is 0 Å². The lowest BCUT2D eigenvalue weighted by molar-refractivity contribution is -0.124. The van der Waals surface area contributed by atoms with Crippen LogP contribution in [0.25, 0.3) is 11.1 Å². The molecule has 108 valence electrons. The number of aryl methyl sites for hydroxylation is 1. The third-order valence-corrected chi connectivity index (χ3v) is 3.43. The number of para-hydroxylation sites is 1. The summed E-state index contributed by atoms with van der Waals surface area (Å²) in [5.74, 6) is 0.400. The number of oxazole rings is 1. The van der Waals surface area contributed by atoms with Crippen molar-refractivity contribution in [2.45, 2.75) is 26.4 Å². The highest BCUT2D eigenvalue weighted by Gasteiger charge is 2.15. The zero-order valence-corrected chi connectivity index (χ0v) is 11.9. The first kappa shape index (κ1) is 13.4. The number of rotatable bonds is 4. The van der Waals surface area contributed by atoms with Crippen LogP contribution in [0.4, 0.5) is 0 Å². The monoisotopic (exact) mass is 284 g/mol. The lowest BCUT2D eigenvalue weighted by Gasteiger charge is -2.12. The van der Waals surface area contributed by atoms with E-state index in [2.05, 4.69) is 15.3 Å². The number of nitrogens with one attached hydrogen (secondary N) is 1. The minimum Gasteiger partial charge on any atom is -0.439 e. The number of fused-ring (bicyclic) bond motifs is 1. The molecule has 0 radical (unpaired) electrons. The molecule has 0 fully saturated rings. The van der Waals surface area contributed by atoms with Gasteiger partial charge in [0.2, 0.25) is 11.8 Å². The quantitative estimate of drug-likeness (QED) is 0.797. The molecule has 0 aliphatic rings. The smallest absolute Gasteiger partial charge is 0.243 e. The minimum absolute atomic E-state index is 0.105. The first-order chi connectivity index (χ1) is 10.1. The second-order valence-corrected chi connectivity index (χ2v) is 4.93. The number of amides is 1. The van der Waals surface area contributed by atoms with Crippen LogP contribution in [-0.2, 0) is 11.3 Å². The Bertz CT molecular complexity index is 761. The molecule has 0 aliphatic carbocycles. The Morgan fingerprint density at radius 3 is 3.05 bits per heavy atom. The average molecular weight is 284 g/mol. The summed E-state index contributed by atoms with van der Waals surface area (Å²) in [5, 5.41) is 2.82. The highest BCUT2D eigenvalue weighted by molar-refractivity contribution is 5.80. The molecule has 3 rings (SSSR count). The maximum absolute atomic E-state index is 12.1. The summed E-state index contributed by atoms with van der Waals surface area (Å²) in [5.41, 5.74) is 2.63. The van der Waals surface area contributed by atoms with Gasteiger partial charge in [0.15, 0.2) is 5.58 Å². The SMILES string of the molecule is Cc1cccc2oc(CNC(=O)C(C)n3ccnc3)nc12. The fourth-order valence-electron chi connectivity index (χ4n) is 2.15. The zero-order chi connectivity index (χ0) is 14.8. The third-order valence-electron chi connectivity index (χ3n) is 3.43. The van der Waals surface area contributed by atoms with Crippen LogP contribution in [0, 0.1) is 6.92 Å². The van der Waals surface area contributed by atoms with Gasteiger partial charge < -0.3 is 14.3 Å². The van der Waals surface area contributed by atoms with E-state index in [4.69, 9.17) is 4.42 Å². The summed E-state index contributed by atoms with van der Waals surface area (Å²) in [6.07, 6.45) is 5.02. The standard InChI is InChI=1S/C15H16N4O2/c1-10-4-3-5-12-14(10)18-13(21-12)8-17-15(20)11(2)19-7-6-16-9-19/h3-7,9,11H,8H2,1-2H3,(H,17,20). The predicted octanol–water partition coefficient (Wildman–Crippen LogP) is 2.21. The predicted molar refractivity (Wildman–Crippen MR) is 77.5 cm³/mol. The summed E-state index contributed by atoms with van der Waals surface area (Å²) >= 11 is 0. The van der Waals surface area contributed by atoms with Gasteiger partial charge in [-0.15, -0.1) is 0 Å². The molecule has 3 aromatic rings. The van der Waals surface area contributed by atoms with Crippen molar-refractivity contribution in [1.82, 2.24) is 19.9 Å². The number of carbonyl (C=O) groups is 1. The van der Waals surface area contributed by atoms with E-state index in [0.29, 0.717) is 5.89 Å². The molecule has 2 aromatic heterocycles. The minimum atomic E-state index is -0.321. The van der Waals surface area contributed by atoms with Crippen molar-refractivity contribution < 1.29 is 9.21 Å². The lowest BCUT2D eigenvalue weighted by atomic mass is 10.2. The largest absolute Gasteiger partial charge is 0.439 e. The molecule has 0 spiro atoms. The number of nitrogens with zero attached hydrogens (tertiary/aromatic N) is 3. The number of hydrogen-bond donors (Lipinski definition) is 1. The number of imidazole rings is 1. The van der Waals surface area contributed by atoms with Crippen LogP contribution in [0.1, 0.15) is 24.4 Å². The van der Waals surface area contributed by atoms with Crippen LogP contribution < -0.4 is 5.32 Å². The topological polar surface area (TPSA) is 73.0 Å². The van der Waals surface area contributed by atoms with Crippen LogP contribution in [-0.4, -0.2) is 20.4 Å². The molecular formula is C15H16N4O2. The second-order valence-electron chi connectivity index (χ2n) is 4.93. The molecule has 2 heterocycles. The fraction of sp³-hybridized carbons (Fsp3) is 0.267. The van der Waals surface area contributed by atoms with E-state index in [1.165, 1.54) is 0 Å². The van der Waals surface area contributed by atoms with Gasteiger partial charge in [0, 0.05) is 12.4 Å². The molecule has 21 heavy (non-hydrogen) atoms. The second kappa shape index (κ2) is 5.40. The Hall–Kier alpha value is -2.63. The van der Waals surface area contributed by atoms with Crippen LogP contribution in [0.2, 0.25) is 0 Å². The Morgan fingerprint density at radius 1 is 1.48 bits per heavy atom. The van der Waals surface area contributed by atoms with E-state index < -0.39 is 0 Å². The van der Waals surface area contributed by atoms with E-state index in [9.17, 15) is 4.79 Å². The van der Waals surface area contributed by atoms with Crippen molar-refractivity contribution in [2.75, 3.05) is 0 Å². The molecular weight excluding hydrogens is 268 g/mol. The van der Waals surface area contributed by atoms with Crippen LogP contribution >= 0.6 is 0 Å². The summed E-state index contributed by atoms with van der Waals surface area (Å²) in [6, 6.07) is 5.45. The molecule has 6 nitrogen and oxygen atoms in total. The van der Waals surface area contributed by atoms with E-state index in [1.807, 2.05) is 32.0 Å². The van der Waals surface area contributed by atoms with Gasteiger partial charge in [0.05, 0.1) is 12.9 Å². The number of carbonyl (C=O) groups excluding carboxylic acids is 1. The van der Waals surface area contributed by atoms with Gasteiger partial charge in [0.25, 0.3) is 0 Å². The maximum Gasteiger partial charge on any atom is 0.243 e. The first-order valence-corrected chi connectivity index (χ1v) is 6.75. The van der Waals surface area contributed by atoms with E-state index in [-0.39, 0.29) is 18.5 Å². The van der Waals surface area contributed by atoms with Crippen molar-refractivity contribution >= 4 is 17.0 Å². The summed E-state index contributed by atoms with van der Waals surface area (Å²) in [6.45, 7) is 4.06. The third kappa shape index (κ3) is 2.65. The Kier molecular flexibility index (Phi) is 3.43. The van der Waals surface area contributed by atoms with Gasteiger partial charge in [-0.25, -0.2) is 9.97 Å². The number of benzene rings is 1. The van der Waals surface area contributed by atoms with Gasteiger partial charge in [-0.2, -0.15) is 0 Å². The molecule has 1 aromatic carbocycles. The maximum atomic E-state index is 12.1. The first-order valence-electron chi connectivity index (χ1n) is 6.75. The fourth-order valence-corrected chi connectivity index (χ4v) is 2.15. The molecule has 1 unspecified atom stereocenters. The molecule has 0 saturated carbocycles. The Morgan fingerprint density at radius 2 is 2.33 bits per heavy atom. The summed E-state index contributed by atoms with van der Waals surface area (Å²) in [4.78, 5) is 20.4. The molecule has 0 saturated heterocycles. The summed E-state index contributed by atoms with van der Waals surface area (Å²) in [7, 11) is 0. The highest BCUT2D eigenvalue weighted by Crippen LogP contribution is 2.18. The van der Waals surface area contributed by atoms with Gasteiger partial charge in [0.1, 0.15) is 11.6 Å². The van der Waals surface area contributed by atoms with Crippen LogP contribution in [0.15, 0.2) is 41.3 Å². The molecule has 0 bridgehead atoms. The van der Waals surface area contributed by atoms with Crippen molar-refractivity contribution in [2.24, 2.45) is 0 Å². The van der Waals surface area contributed by atoms with Crippen molar-refractivity contribution in [3.63, 3.8) is 0 Å². The molecule has 1 atom stereocenters. The molecule has 1 amide bonds. The molecule has 0 aliphatic heterocycles. The van der Waals surface area contributed by atoms with E-state index in [0.717, 1.165) is 16.7 Å². The average Bonchev–Trinajstić information content (AvgIpc) is 3.13. The van der Waals surface area contributed by atoms with Crippen molar-refractivity contribution in [3.8, 4) is 0 Å². The zero-order valence-electron chi connectivity index (χ0n) is 11.9. The summed E-state index contributed by atoms with van der Waals surface area (Å²) < 4.78 is 7.37. The lowest BCUT2D eigenvalue weighted by Crippen LogP contribution is -2.30. The van der Waals surface area contributed by atoms with Crippen LogP contribution in [0.5, 0.6) is 0 Å². The van der Waals surface area contributed by atoms with Gasteiger partial charge in [-0.3, -0.25) is 4.79 Å². The molecule has 1 N–H and O–H groups in total. The number of aromatic nitrogens is 3.